The molecule has 0 saturated carbocycles. The standard InChI is InChI=1S/C13H28/c1-8-11(5)13(7,9-2)12(6)10(3)4/h10-12H,8-9H2,1-7H3/t11-,12?,13-/m1/s1. The first-order valence-electron chi connectivity index (χ1n) is 5.90. The molecule has 0 aromatic rings. The van der Waals surface area contributed by atoms with Gasteiger partial charge in [0, 0.05) is 0 Å². The molecule has 0 spiro atoms. The lowest BCUT2D eigenvalue weighted by Crippen LogP contribution is -2.34. The van der Waals surface area contributed by atoms with Gasteiger partial charge in [-0.1, -0.05) is 61.3 Å². The highest BCUT2D eigenvalue weighted by Gasteiger charge is 2.35. The first-order valence-corrected chi connectivity index (χ1v) is 5.90. The van der Waals surface area contributed by atoms with E-state index in [1.807, 2.05) is 0 Å². The number of rotatable bonds is 5. The molecule has 0 heterocycles. The molecule has 80 valence electrons. The molecule has 0 aliphatic rings. The van der Waals surface area contributed by atoms with Gasteiger partial charge in [0.1, 0.15) is 0 Å². The Labute approximate surface area is 85.1 Å². The molecule has 0 amide bonds. The summed E-state index contributed by atoms with van der Waals surface area (Å²) >= 11 is 0. The highest BCUT2D eigenvalue weighted by molar-refractivity contribution is 4.84. The van der Waals surface area contributed by atoms with Crippen LogP contribution in [0.15, 0.2) is 0 Å². The van der Waals surface area contributed by atoms with Crippen LogP contribution in [0.25, 0.3) is 0 Å². The van der Waals surface area contributed by atoms with Gasteiger partial charge in [0.15, 0.2) is 0 Å². The fourth-order valence-electron chi connectivity index (χ4n) is 2.35. The first-order chi connectivity index (χ1) is 5.90. The second kappa shape index (κ2) is 5.02. The molecule has 0 nitrogen and oxygen atoms in total. The minimum atomic E-state index is 0.531. The number of hydrogen-bond acceptors (Lipinski definition) is 0. The molecule has 0 N–H and O–H groups in total. The van der Waals surface area contributed by atoms with Crippen molar-refractivity contribution in [3.05, 3.63) is 0 Å². The maximum atomic E-state index is 2.46. The molecule has 0 aromatic carbocycles. The van der Waals surface area contributed by atoms with Crippen LogP contribution in [0.3, 0.4) is 0 Å². The predicted octanol–water partition coefficient (Wildman–Crippen LogP) is 4.74. The third kappa shape index (κ3) is 2.72. The zero-order valence-corrected chi connectivity index (χ0v) is 10.6. The lowest BCUT2D eigenvalue weighted by molar-refractivity contribution is 0.0726. The van der Waals surface area contributed by atoms with Gasteiger partial charge in [-0.05, 0) is 23.2 Å². The summed E-state index contributed by atoms with van der Waals surface area (Å²) in [6.45, 7) is 16.6. The third-order valence-corrected chi connectivity index (χ3v) is 4.54. The first kappa shape index (κ1) is 13.0. The summed E-state index contributed by atoms with van der Waals surface area (Å²) in [5.41, 5.74) is 0.531. The SMILES string of the molecule is CC[C@@H](C)[C@@](C)(CC)C(C)C(C)C. The third-order valence-electron chi connectivity index (χ3n) is 4.54. The summed E-state index contributed by atoms with van der Waals surface area (Å²) in [5, 5.41) is 0. The average Bonchev–Trinajstić information content (AvgIpc) is 2.13. The van der Waals surface area contributed by atoms with Gasteiger partial charge in [-0.25, -0.2) is 0 Å². The van der Waals surface area contributed by atoms with Gasteiger partial charge in [-0.3, -0.25) is 0 Å². The molecule has 0 bridgehead atoms. The van der Waals surface area contributed by atoms with Crippen LogP contribution in [0.5, 0.6) is 0 Å². The van der Waals surface area contributed by atoms with Crippen LogP contribution in [0, 0.1) is 23.2 Å². The molecule has 0 aliphatic carbocycles. The Hall–Kier alpha value is 0. The Kier molecular flexibility index (Phi) is 5.02. The molecular formula is C13H28. The van der Waals surface area contributed by atoms with Crippen LogP contribution >= 0.6 is 0 Å². The lowest BCUT2D eigenvalue weighted by atomic mass is 9.63. The Balaban J connectivity index is 4.61. The molecule has 13 heavy (non-hydrogen) atoms. The van der Waals surface area contributed by atoms with Crippen molar-refractivity contribution >= 4 is 0 Å². The van der Waals surface area contributed by atoms with Crippen molar-refractivity contribution in [2.24, 2.45) is 23.2 Å². The lowest BCUT2D eigenvalue weighted by Gasteiger charge is -2.42. The Morgan fingerprint density at radius 2 is 1.46 bits per heavy atom. The van der Waals surface area contributed by atoms with E-state index in [4.69, 9.17) is 0 Å². The van der Waals surface area contributed by atoms with Crippen molar-refractivity contribution in [2.45, 2.75) is 61.3 Å². The van der Waals surface area contributed by atoms with Crippen LogP contribution in [-0.2, 0) is 0 Å². The minimum absolute atomic E-state index is 0.531. The van der Waals surface area contributed by atoms with Crippen LogP contribution in [0.2, 0.25) is 0 Å². The summed E-state index contributed by atoms with van der Waals surface area (Å²) in [7, 11) is 0. The van der Waals surface area contributed by atoms with Crippen LogP contribution in [-0.4, -0.2) is 0 Å². The van der Waals surface area contributed by atoms with Crippen molar-refractivity contribution in [2.75, 3.05) is 0 Å². The molecule has 0 aliphatic heterocycles. The van der Waals surface area contributed by atoms with E-state index in [1.165, 1.54) is 12.8 Å². The maximum absolute atomic E-state index is 2.46. The quantitative estimate of drug-likeness (QED) is 0.579. The summed E-state index contributed by atoms with van der Waals surface area (Å²) < 4.78 is 0. The van der Waals surface area contributed by atoms with E-state index < -0.39 is 0 Å². The van der Waals surface area contributed by atoms with Crippen molar-refractivity contribution in [1.29, 1.82) is 0 Å². The fraction of sp³-hybridized carbons (Fsp3) is 1.00. The molecule has 1 unspecified atom stereocenters. The smallest absolute Gasteiger partial charge is 0.0275 e. The summed E-state index contributed by atoms with van der Waals surface area (Å²) in [4.78, 5) is 0. The highest BCUT2D eigenvalue weighted by Crippen LogP contribution is 2.43. The van der Waals surface area contributed by atoms with E-state index in [9.17, 15) is 0 Å². The van der Waals surface area contributed by atoms with Crippen molar-refractivity contribution in [3.8, 4) is 0 Å². The molecule has 0 saturated heterocycles. The Morgan fingerprint density at radius 3 is 1.69 bits per heavy atom. The maximum Gasteiger partial charge on any atom is -0.0275 e. The van der Waals surface area contributed by atoms with Crippen LogP contribution in [0.4, 0.5) is 0 Å². The van der Waals surface area contributed by atoms with E-state index >= 15 is 0 Å². The summed E-state index contributed by atoms with van der Waals surface area (Å²) in [6.07, 6.45) is 2.61. The fourth-order valence-corrected chi connectivity index (χ4v) is 2.35. The van der Waals surface area contributed by atoms with Gasteiger partial charge in [0.25, 0.3) is 0 Å². The van der Waals surface area contributed by atoms with Crippen LogP contribution in [0.1, 0.15) is 61.3 Å². The van der Waals surface area contributed by atoms with Gasteiger partial charge in [0.05, 0.1) is 0 Å². The zero-order valence-electron chi connectivity index (χ0n) is 10.6. The largest absolute Gasteiger partial charge is 0.0651 e. The summed E-state index contributed by atoms with van der Waals surface area (Å²) in [6, 6.07) is 0. The molecule has 0 aromatic heterocycles. The molecular weight excluding hydrogens is 156 g/mol. The normalized spacial score (nSPS) is 21.2. The van der Waals surface area contributed by atoms with E-state index in [0.29, 0.717) is 5.41 Å². The highest BCUT2D eigenvalue weighted by atomic mass is 14.4. The van der Waals surface area contributed by atoms with Crippen molar-refractivity contribution in [3.63, 3.8) is 0 Å². The molecule has 3 atom stereocenters. The van der Waals surface area contributed by atoms with E-state index in [1.54, 1.807) is 0 Å². The second-order valence-electron chi connectivity index (χ2n) is 5.20. The van der Waals surface area contributed by atoms with Crippen LogP contribution < -0.4 is 0 Å². The Morgan fingerprint density at radius 1 is 1.00 bits per heavy atom. The van der Waals surface area contributed by atoms with Gasteiger partial charge in [0.2, 0.25) is 0 Å². The molecule has 0 heteroatoms. The molecule has 0 radical (unpaired) electrons. The van der Waals surface area contributed by atoms with E-state index in [0.717, 1.165) is 17.8 Å². The zero-order chi connectivity index (χ0) is 10.6. The number of hydrogen-bond donors (Lipinski definition) is 0. The minimum Gasteiger partial charge on any atom is -0.0651 e. The summed E-state index contributed by atoms with van der Waals surface area (Å²) in [5.74, 6) is 2.47. The Bertz CT molecular complexity index is 137. The van der Waals surface area contributed by atoms with Gasteiger partial charge >= 0.3 is 0 Å². The molecule has 0 fully saturated rings. The monoisotopic (exact) mass is 184 g/mol. The topological polar surface area (TPSA) is 0 Å². The van der Waals surface area contributed by atoms with E-state index in [-0.39, 0.29) is 0 Å². The predicted molar refractivity (Wildman–Crippen MR) is 61.9 cm³/mol. The van der Waals surface area contributed by atoms with Gasteiger partial charge in [-0.2, -0.15) is 0 Å². The van der Waals surface area contributed by atoms with Gasteiger partial charge in [-0.15, -0.1) is 0 Å². The van der Waals surface area contributed by atoms with Crippen molar-refractivity contribution < 1.29 is 0 Å². The van der Waals surface area contributed by atoms with E-state index in [2.05, 4.69) is 48.5 Å². The van der Waals surface area contributed by atoms with Gasteiger partial charge < -0.3 is 0 Å². The molecule has 0 rings (SSSR count). The van der Waals surface area contributed by atoms with Crippen molar-refractivity contribution in [1.82, 2.24) is 0 Å². The second-order valence-corrected chi connectivity index (χ2v) is 5.20. The average molecular weight is 184 g/mol.